The van der Waals surface area contributed by atoms with Gasteiger partial charge in [0.1, 0.15) is 6.10 Å². The van der Waals surface area contributed by atoms with Crippen LogP contribution < -0.4 is 0 Å². The van der Waals surface area contributed by atoms with Gasteiger partial charge in [0.15, 0.2) is 0 Å². The van der Waals surface area contributed by atoms with Crippen LogP contribution in [0.5, 0.6) is 0 Å². The van der Waals surface area contributed by atoms with Gasteiger partial charge in [0, 0.05) is 4.47 Å². The van der Waals surface area contributed by atoms with E-state index in [4.69, 9.17) is 11.6 Å². The molecule has 0 aliphatic rings. The van der Waals surface area contributed by atoms with Crippen molar-refractivity contribution in [2.24, 2.45) is 0 Å². The number of thiophene rings is 1. The lowest BCUT2D eigenvalue weighted by Crippen LogP contribution is -1.96. The smallest absolute Gasteiger partial charge is 0.115 e. The van der Waals surface area contributed by atoms with E-state index in [1.165, 1.54) is 11.3 Å². The number of hydrogen-bond acceptors (Lipinski definition) is 2. The van der Waals surface area contributed by atoms with Crippen LogP contribution in [0.2, 0.25) is 5.02 Å². The molecule has 0 spiro atoms. The van der Waals surface area contributed by atoms with Gasteiger partial charge in [-0.25, -0.2) is 0 Å². The molecule has 1 atom stereocenters. The summed E-state index contributed by atoms with van der Waals surface area (Å²) < 4.78 is 0.996. The van der Waals surface area contributed by atoms with Gasteiger partial charge >= 0.3 is 0 Å². The predicted octanol–water partition coefficient (Wildman–Crippen LogP) is 4.25. The lowest BCUT2D eigenvalue weighted by molar-refractivity contribution is 0.224. The zero-order valence-corrected chi connectivity index (χ0v) is 10.8. The minimum absolute atomic E-state index is 0.621. The van der Waals surface area contributed by atoms with Gasteiger partial charge in [-0.3, -0.25) is 0 Å². The summed E-state index contributed by atoms with van der Waals surface area (Å²) in [5, 5.41) is 12.6. The van der Waals surface area contributed by atoms with E-state index in [1.807, 2.05) is 29.6 Å². The molecule has 1 heterocycles. The monoisotopic (exact) mass is 302 g/mol. The second-order valence-electron chi connectivity index (χ2n) is 3.09. The molecule has 0 saturated heterocycles. The Kier molecular flexibility index (Phi) is 3.46. The minimum atomic E-state index is -0.634. The molecule has 1 aromatic heterocycles. The average molecular weight is 304 g/mol. The van der Waals surface area contributed by atoms with Crippen molar-refractivity contribution in [3.05, 3.63) is 55.6 Å². The molecule has 0 bridgehead atoms. The number of aliphatic hydroxyl groups excluding tert-OH is 1. The normalized spacial score (nSPS) is 12.7. The number of hydrogen-bond donors (Lipinski definition) is 1. The van der Waals surface area contributed by atoms with Crippen molar-refractivity contribution in [3.63, 3.8) is 0 Å². The molecule has 0 aliphatic heterocycles. The van der Waals surface area contributed by atoms with Crippen LogP contribution in [0, 0.1) is 0 Å². The Balaban J connectivity index is 2.32. The molecule has 78 valence electrons. The molecule has 1 unspecified atom stereocenters. The van der Waals surface area contributed by atoms with Crippen LogP contribution in [0.1, 0.15) is 16.5 Å². The Morgan fingerprint density at radius 2 is 1.87 bits per heavy atom. The van der Waals surface area contributed by atoms with Gasteiger partial charge in [-0.2, -0.15) is 0 Å². The van der Waals surface area contributed by atoms with E-state index in [1.54, 1.807) is 6.07 Å². The van der Waals surface area contributed by atoms with Gasteiger partial charge in [0.25, 0.3) is 0 Å². The summed E-state index contributed by atoms with van der Waals surface area (Å²) in [6, 6.07) is 9.36. The van der Waals surface area contributed by atoms with E-state index in [9.17, 15) is 5.11 Å². The first-order chi connectivity index (χ1) is 7.18. The molecule has 2 rings (SSSR count). The van der Waals surface area contributed by atoms with Gasteiger partial charge in [-0.1, -0.05) is 39.7 Å². The minimum Gasteiger partial charge on any atom is -0.383 e. The third kappa shape index (κ3) is 2.42. The molecule has 0 fully saturated rings. The van der Waals surface area contributed by atoms with E-state index in [-0.39, 0.29) is 0 Å². The molecule has 2 aromatic rings. The van der Waals surface area contributed by atoms with Crippen LogP contribution in [-0.2, 0) is 0 Å². The van der Waals surface area contributed by atoms with Crippen molar-refractivity contribution in [1.82, 2.24) is 0 Å². The maximum atomic E-state index is 10.1. The van der Waals surface area contributed by atoms with Crippen LogP contribution >= 0.6 is 38.9 Å². The van der Waals surface area contributed by atoms with Crippen molar-refractivity contribution in [1.29, 1.82) is 0 Å². The first-order valence-electron chi connectivity index (χ1n) is 4.35. The zero-order chi connectivity index (χ0) is 10.8. The van der Waals surface area contributed by atoms with Gasteiger partial charge in [-0.05, 0) is 29.1 Å². The Morgan fingerprint density at radius 3 is 2.40 bits per heavy atom. The topological polar surface area (TPSA) is 20.2 Å². The van der Waals surface area contributed by atoms with Crippen LogP contribution in [-0.4, -0.2) is 5.11 Å². The van der Waals surface area contributed by atoms with Crippen LogP contribution in [0.4, 0.5) is 0 Å². The van der Waals surface area contributed by atoms with E-state index in [2.05, 4.69) is 15.9 Å². The van der Waals surface area contributed by atoms with Gasteiger partial charge in [0.2, 0.25) is 0 Å². The second kappa shape index (κ2) is 4.66. The number of halogens is 2. The van der Waals surface area contributed by atoms with E-state index in [0.717, 1.165) is 14.9 Å². The number of rotatable bonds is 2. The van der Waals surface area contributed by atoms with Crippen molar-refractivity contribution < 1.29 is 5.11 Å². The molecule has 15 heavy (non-hydrogen) atoms. The highest BCUT2D eigenvalue weighted by Crippen LogP contribution is 2.32. The molecule has 1 N–H and O–H groups in total. The quantitative estimate of drug-likeness (QED) is 0.879. The Hall–Kier alpha value is -0.350. The summed E-state index contributed by atoms with van der Waals surface area (Å²) >= 11 is 10.8. The highest BCUT2D eigenvalue weighted by atomic mass is 79.9. The molecule has 1 aromatic carbocycles. The molecule has 0 radical (unpaired) electrons. The molecule has 1 nitrogen and oxygen atoms in total. The van der Waals surface area contributed by atoms with Crippen LogP contribution in [0.15, 0.2) is 40.2 Å². The highest BCUT2D eigenvalue weighted by Gasteiger charge is 2.14. The predicted molar refractivity (Wildman–Crippen MR) is 67.5 cm³/mol. The van der Waals surface area contributed by atoms with Gasteiger partial charge < -0.3 is 5.11 Å². The summed E-state index contributed by atoms with van der Waals surface area (Å²) in [4.78, 5) is 0.791. The molecule has 0 aliphatic carbocycles. The fraction of sp³-hybridized carbons (Fsp3) is 0.0909. The van der Waals surface area contributed by atoms with Crippen molar-refractivity contribution in [2.45, 2.75) is 6.10 Å². The van der Waals surface area contributed by atoms with Gasteiger partial charge in [-0.15, -0.1) is 11.3 Å². The fourth-order valence-corrected chi connectivity index (χ4v) is 2.73. The highest BCUT2D eigenvalue weighted by molar-refractivity contribution is 9.10. The Bertz CT molecular complexity index is 452. The largest absolute Gasteiger partial charge is 0.383 e. The Morgan fingerprint density at radius 1 is 1.20 bits per heavy atom. The maximum Gasteiger partial charge on any atom is 0.115 e. The molecule has 0 amide bonds. The fourth-order valence-electron chi connectivity index (χ4n) is 1.30. The third-order valence-corrected chi connectivity index (χ3v) is 4.02. The standard InChI is InChI=1S/C11H8BrClOS/c12-8-3-1-7(2-4-8)10(14)11-9(13)5-6-15-11/h1-6,10,14H. The van der Waals surface area contributed by atoms with Crippen LogP contribution in [0.25, 0.3) is 0 Å². The van der Waals surface area contributed by atoms with E-state index < -0.39 is 6.10 Å². The first-order valence-corrected chi connectivity index (χ1v) is 6.40. The number of benzene rings is 1. The van der Waals surface area contributed by atoms with Crippen molar-refractivity contribution >= 4 is 38.9 Å². The third-order valence-electron chi connectivity index (χ3n) is 2.08. The summed E-state index contributed by atoms with van der Waals surface area (Å²) in [5.41, 5.74) is 0.850. The molecular formula is C11H8BrClOS. The van der Waals surface area contributed by atoms with E-state index in [0.29, 0.717) is 5.02 Å². The summed E-state index contributed by atoms with van der Waals surface area (Å²) in [6.45, 7) is 0. The molecular weight excluding hydrogens is 296 g/mol. The lowest BCUT2D eigenvalue weighted by atomic mass is 10.1. The lowest BCUT2D eigenvalue weighted by Gasteiger charge is -2.09. The summed E-state index contributed by atoms with van der Waals surface area (Å²) in [7, 11) is 0. The van der Waals surface area contributed by atoms with Gasteiger partial charge in [0.05, 0.1) is 9.90 Å². The number of aliphatic hydroxyl groups is 1. The SMILES string of the molecule is OC(c1ccc(Br)cc1)c1sccc1Cl. The zero-order valence-electron chi connectivity index (χ0n) is 7.65. The average Bonchev–Trinajstić information content (AvgIpc) is 2.65. The van der Waals surface area contributed by atoms with Crippen LogP contribution in [0.3, 0.4) is 0 Å². The van der Waals surface area contributed by atoms with Crippen molar-refractivity contribution in [3.8, 4) is 0 Å². The molecule has 0 saturated carbocycles. The Labute approximate surface area is 105 Å². The van der Waals surface area contributed by atoms with Crippen molar-refractivity contribution in [2.75, 3.05) is 0 Å². The first kappa shape index (κ1) is 11.1. The summed E-state index contributed by atoms with van der Waals surface area (Å²) in [6.07, 6.45) is -0.634. The van der Waals surface area contributed by atoms with E-state index >= 15 is 0 Å². The molecule has 4 heteroatoms. The summed E-state index contributed by atoms with van der Waals surface area (Å²) in [5.74, 6) is 0. The maximum absolute atomic E-state index is 10.1. The second-order valence-corrected chi connectivity index (χ2v) is 5.36.